The molecule has 0 bridgehead atoms. The minimum Gasteiger partial charge on any atom is -0.468 e. The van der Waals surface area contributed by atoms with Crippen LogP contribution in [0.5, 0.6) is 0 Å². The summed E-state index contributed by atoms with van der Waals surface area (Å²) in [6.07, 6.45) is 4.16. The summed E-state index contributed by atoms with van der Waals surface area (Å²) in [5.74, 6) is 0.640. The summed E-state index contributed by atoms with van der Waals surface area (Å²) < 4.78 is 5.98. The molecule has 0 radical (unpaired) electrons. The number of esters is 1. The third-order valence-electron chi connectivity index (χ3n) is 3.37. The number of carbonyl (C=O) groups is 2. The molecule has 118 valence electrons. The minimum absolute atomic E-state index is 0. The lowest BCUT2D eigenvalue weighted by molar-refractivity contribution is -0.141. The Morgan fingerprint density at radius 2 is 2.38 bits per heavy atom. The third kappa shape index (κ3) is 5.73. The molecule has 2 N–H and O–H groups in total. The van der Waals surface area contributed by atoms with Crippen LogP contribution in [0, 0.1) is 5.92 Å². The van der Waals surface area contributed by atoms with Gasteiger partial charge in [0.2, 0.25) is 5.91 Å². The Bertz CT molecular complexity index is 472. The molecule has 1 aliphatic heterocycles. The maximum Gasteiger partial charge on any atom is 0.327 e. The van der Waals surface area contributed by atoms with Gasteiger partial charge in [-0.25, -0.2) is 0 Å². The van der Waals surface area contributed by atoms with E-state index in [4.69, 9.17) is 0 Å². The molecule has 1 saturated heterocycles. The van der Waals surface area contributed by atoms with Crippen LogP contribution in [0.25, 0.3) is 0 Å². The van der Waals surface area contributed by atoms with E-state index in [0.717, 1.165) is 25.9 Å². The van der Waals surface area contributed by atoms with E-state index in [2.05, 4.69) is 20.5 Å². The zero-order valence-corrected chi connectivity index (χ0v) is 12.8. The number of anilines is 1. The van der Waals surface area contributed by atoms with Crippen molar-refractivity contribution in [1.82, 2.24) is 15.1 Å². The number of carbonyl (C=O) groups excluding carboxylic acids is 2. The highest BCUT2D eigenvalue weighted by Crippen LogP contribution is 2.14. The molecule has 2 rings (SSSR count). The molecule has 7 nitrogen and oxygen atoms in total. The van der Waals surface area contributed by atoms with Crippen molar-refractivity contribution in [3.05, 3.63) is 12.3 Å². The molecule has 1 aliphatic rings. The van der Waals surface area contributed by atoms with Crippen LogP contribution in [-0.4, -0.2) is 41.9 Å². The predicted octanol–water partition coefficient (Wildman–Crippen LogP) is 0.806. The van der Waals surface area contributed by atoms with Gasteiger partial charge in [-0.15, -0.1) is 12.4 Å². The molecule has 21 heavy (non-hydrogen) atoms. The lowest BCUT2D eigenvalue weighted by atomic mass is 10.0. The number of rotatable bonds is 6. The highest BCUT2D eigenvalue weighted by molar-refractivity contribution is 5.89. The molecule has 1 aromatic rings. The van der Waals surface area contributed by atoms with Crippen molar-refractivity contribution < 1.29 is 14.3 Å². The quantitative estimate of drug-likeness (QED) is 0.759. The van der Waals surface area contributed by atoms with Gasteiger partial charge in [0.25, 0.3) is 0 Å². The molecule has 0 aliphatic carbocycles. The molecule has 2 heterocycles. The van der Waals surface area contributed by atoms with Crippen LogP contribution in [-0.2, 0) is 20.9 Å². The van der Waals surface area contributed by atoms with E-state index >= 15 is 0 Å². The Morgan fingerprint density at radius 1 is 1.57 bits per heavy atom. The fraction of sp³-hybridized carbons (Fsp3) is 0.615. The van der Waals surface area contributed by atoms with Gasteiger partial charge in [-0.1, -0.05) is 0 Å². The average Bonchev–Trinajstić information content (AvgIpc) is 3.08. The molecule has 1 aromatic heterocycles. The Kier molecular flexibility index (Phi) is 7.18. The van der Waals surface area contributed by atoms with Crippen molar-refractivity contribution in [3.63, 3.8) is 0 Å². The minimum atomic E-state index is -0.375. The molecule has 8 heteroatoms. The predicted molar refractivity (Wildman–Crippen MR) is 80.3 cm³/mol. The van der Waals surface area contributed by atoms with Gasteiger partial charge in [0.1, 0.15) is 6.54 Å². The van der Waals surface area contributed by atoms with E-state index in [1.54, 1.807) is 12.3 Å². The monoisotopic (exact) mass is 316 g/mol. The molecule has 1 atom stereocenters. The van der Waals surface area contributed by atoms with E-state index < -0.39 is 0 Å². The van der Waals surface area contributed by atoms with Gasteiger partial charge < -0.3 is 15.4 Å². The summed E-state index contributed by atoms with van der Waals surface area (Å²) in [5, 5.41) is 10.1. The van der Waals surface area contributed by atoms with Crippen LogP contribution in [0.4, 0.5) is 5.82 Å². The first-order valence-electron chi connectivity index (χ1n) is 6.78. The molecular weight excluding hydrogens is 296 g/mol. The lowest BCUT2D eigenvalue weighted by Crippen LogP contribution is -2.16. The Balaban J connectivity index is 0.00000220. The SMILES string of the molecule is COC(=O)Cn1ccc(NC(=O)CCC2CCNC2)n1.Cl. The van der Waals surface area contributed by atoms with Gasteiger partial charge in [-0.2, -0.15) is 5.10 Å². The molecule has 0 saturated carbocycles. The fourth-order valence-corrected chi connectivity index (χ4v) is 2.21. The van der Waals surface area contributed by atoms with Crippen LogP contribution in [0.3, 0.4) is 0 Å². The van der Waals surface area contributed by atoms with Crippen molar-refractivity contribution in [2.24, 2.45) is 5.92 Å². The molecule has 1 fully saturated rings. The largest absolute Gasteiger partial charge is 0.468 e. The van der Waals surface area contributed by atoms with Crippen LogP contribution in [0.1, 0.15) is 19.3 Å². The number of methoxy groups -OCH3 is 1. The summed E-state index contributed by atoms with van der Waals surface area (Å²) in [6, 6.07) is 1.66. The first-order chi connectivity index (χ1) is 9.67. The number of nitrogens with one attached hydrogen (secondary N) is 2. The van der Waals surface area contributed by atoms with Gasteiger partial charge in [0, 0.05) is 18.7 Å². The summed E-state index contributed by atoms with van der Waals surface area (Å²) in [5.41, 5.74) is 0. The highest BCUT2D eigenvalue weighted by atomic mass is 35.5. The van der Waals surface area contributed by atoms with Crippen molar-refractivity contribution in [1.29, 1.82) is 0 Å². The lowest BCUT2D eigenvalue weighted by Gasteiger charge is -2.07. The van der Waals surface area contributed by atoms with Crippen LogP contribution < -0.4 is 10.6 Å². The van der Waals surface area contributed by atoms with Gasteiger partial charge >= 0.3 is 5.97 Å². The summed E-state index contributed by atoms with van der Waals surface area (Å²) in [6.45, 7) is 2.09. The molecule has 0 spiro atoms. The van der Waals surface area contributed by atoms with E-state index in [9.17, 15) is 9.59 Å². The second-order valence-corrected chi connectivity index (χ2v) is 4.92. The van der Waals surface area contributed by atoms with Crippen molar-refractivity contribution >= 4 is 30.1 Å². The van der Waals surface area contributed by atoms with Crippen LogP contribution in [0.2, 0.25) is 0 Å². The van der Waals surface area contributed by atoms with Crippen LogP contribution in [0.15, 0.2) is 12.3 Å². The molecule has 0 aromatic carbocycles. The topological polar surface area (TPSA) is 85.2 Å². The number of hydrogen-bond donors (Lipinski definition) is 2. The highest BCUT2D eigenvalue weighted by Gasteiger charge is 2.16. The second kappa shape index (κ2) is 8.63. The first kappa shape index (κ1) is 17.5. The van der Waals surface area contributed by atoms with Gasteiger partial charge in [0.05, 0.1) is 7.11 Å². The maximum absolute atomic E-state index is 11.8. The van der Waals surface area contributed by atoms with Crippen molar-refractivity contribution in [2.75, 3.05) is 25.5 Å². The molecular formula is C13H21ClN4O3. The van der Waals surface area contributed by atoms with Crippen molar-refractivity contribution in [3.8, 4) is 0 Å². The average molecular weight is 317 g/mol. The van der Waals surface area contributed by atoms with Gasteiger partial charge in [-0.3, -0.25) is 14.3 Å². The smallest absolute Gasteiger partial charge is 0.327 e. The third-order valence-corrected chi connectivity index (χ3v) is 3.37. The Labute approximate surface area is 129 Å². The summed E-state index contributed by atoms with van der Waals surface area (Å²) in [7, 11) is 1.33. The first-order valence-corrected chi connectivity index (χ1v) is 6.78. The fourth-order valence-electron chi connectivity index (χ4n) is 2.21. The zero-order valence-electron chi connectivity index (χ0n) is 12.0. The molecule has 1 amide bonds. The summed E-state index contributed by atoms with van der Waals surface area (Å²) in [4.78, 5) is 22.9. The Hall–Kier alpha value is -1.60. The summed E-state index contributed by atoms with van der Waals surface area (Å²) >= 11 is 0. The standard InChI is InChI=1S/C13H20N4O3.ClH/c1-20-13(19)9-17-7-5-11(16-17)15-12(18)3-2-10-4-6-14-8-10;/h5,7,10,14H,2-4,6,8-9H2,1H3,(H,15,16,18);1H. The van der Waals surface area contributed by atoms with Gasteiger partial charge in [0.15, 0.2) is 5.82 Å². The number of hydrogen-bond acceptors (Lipinski definition) is 5. The number of halogens is 1. The van der Waals surface area contributed by atoms with Crippen LogP contribution >= 0.6 is 12.4 Å². The second-order valence-electron chi connectivity index (χ2n) is 4.92. The van der Waals surface area contributed by atoms with E-state index in [-0.39, 0.29) is 30.8 Å². The number of nitrogens with zero attached hydrogens (tertiary/aromatic N) is 2. The van der Waals surface area contributed by atoms with E-state index in [1.165, 1.54) is 11.8 Å². The van der Waals surface area contributed by atoms with Gasteiger partial charge in [-0.05, 0) is 31.8 Å². The van der Waals surface area contributed by atoms with Crippen molar-refractivity contribution in [2.45, 2.75) is 25.8 Å². The Morgan fingerprint density at radius 3 is 3.05 bits per heavy atom. The molecule has 1 unspecified atom stereocenters. The number of amides is 1. The maximum atomic E-state index is 11.8. The number of aromatic nitrogens is 2. The normalized spacial score (nSPS) is 17.1. The zero-order chi connectivity index (χ0) is 14.4. The van der Waals surface area contributed by atoms with E-state index in [0.29, 0.717) is 18.2 Å². The van der Waals surface area contributed by atoms with E-state index in [1.807, 2.05) is 0 Å². The number of ether oxygens (including phenoxy) is 1.